The third kappa shape index (κ3) is 2.78. The first kappa shape index (κ1) is 13.0. The first-order chi connectivity index (χ1) is 9.86. The molecule has 20 heavy (non-hydrogen) atoms. The lowest BCUT2D eigenvalue weighted by atomic mass is 10.1. The number of benzene rings is 2. The molecule has 0 atom stereocenters. The zero-order chi connectivity index (χ0) is 13.8. The van der Waals surface area contributed by atoms with E-state index >= 15 is 0 Å². The molecule has 0 aromatic heterocycles. The molecule has 1 aliphatic rings. The van der Waals surface area contributed by atoms with Gasteiger partial charge >= 0.3 is 0 Å². The molecule has 0 amide bonds. The SMILES string of the molecule is NCc1ccccc1OCCc1ccc2c(c1)CCO2. The van der Waals surface area contributed by atoms with E-state index in [1.54, 1.807) is 0 Å². The minimum absolute atomic E-state index is 0.506. The highest BCUT2D eigenvalue weighted by atomic mass is 16.5. The molecule has 0 fully saturated rings. The Morgan fingerprint density at radius 2 is 2.05 bits per heavy atom. The number of rotatable bonds is 5. The fraction of sp³-hybridized carbons (Fsp3) is 0.294. The van der Waals surface area contributed by atoms with Crippen molar-refractivity contribution in [2.45, 2.75) is 19.4 Å². The lowest BCUT2D eigenvalue weighted by molar-refractivity contribution is 0.318. The molecular formula is C17H19NO2. The average molecular weight is 269 g/mol. The van der Waals surface area contributed by atoms with Gasteiger partial charge in [-0.3, -0.25) is 0 Å². The smallest absolute Gasteiger partial charge is 0.123 e. The molecule has 2 aromatic rings. The van der Waals surface area contributed by atoms with Crippen LogP contribution in [-0.2, 0) is 19.4 Å². The van der Waals surface area contributed by atoms with E-state index in [4.69, 9.17) is 15.2 Å². The number of hydrogen-bond acceptors (Lipinski definition) is 3. The van der Waals surface area contributed by atoms with Crippen molar-refractivity contribution in [3.05, 3.63) is 59.2 Å². The largest absolute Gasteiger partial charge is 0.493 e. The van der Waals surface area contributed by atoms with E-state index in [9.17, 15) is 0 Å². The molecule has 3 rings (SSSR count). The summed E-state index contributed by atoms with van der Waals surface area (Å²) in [4.78, 5) is 0. The van der Waals surface area contributed by atoms with Crippen molar-refractivity contribution in [3.63, 3.8) is 0 Å². The molecule has 1 heterocycles. The zero-order valence-electron chi connectivity index (χ0n) is 11.5. The summed E-state index contributed by atoms with van der Waals surface area (Å²) >= 11 is 0. The third-order valence-electron chi connectivity index (χ3n) is 3.59. The van der Waals surface area contributed by atoms with Crippen LogP contribution in [0.15, 0.2) is 42.5 Å². The van der Waals surface area contributed by atoms with E-state index in [0.29, 0.717) is 13.2 Å². The summed E-state index contributed by atoms with van der Waals surface area (Å²) < 4.78 is 11.4. The van der Waals surface area contributed by atoms with Crippen LogP contribution in [0.2, 0.25) is 0 Å². The Balaban J connectivity index is 1.60. The molecule has 3 nitrogen and oxygen atoms in total. The summed E-state index contributed by atoms with van der Waals surface area (Å²) in [5, 5.41) is 0. The lowest BCUT2D eigenvalue weighted by Crippen LogP contribution is -2.05. The van der Waals surface area contributed by atoms with E-state index in [0.717, 1.165) is 36.5 Å². The number of para-hydroxylation sites is 1. The van der Waals surface area contributed by atoms with E-state index in [2.05, 4.69) is 18.2 Å². The Morgan fingerprint density at radius 3 is 2.95 bits per heavy atom. The van der Waals surface area contributed by atoms with Crippen molar-refractivity contribution in [3.8, 4) is 11.5 Å². The van der Waals surface area contributed by atoms with E-state index in [-0.39, 0.29) is 0 Å². The van der Waals surface area contributed by atoms with Crippen molar-refractivity contribution < 1.29 is 9.47 Å². The molecule has 3 heteroatoms. The highest BCUT2D eigenvalue weighted by Gasteiger charge is 2.11. The second-order valence-electron chi connectivity index (χ2n) is 4.95. The number of fused-ring (bicyclic) bond motifs is 1. The highest BCUT2D eigenvalue weighted by Crippen LogP contribution is 2.26. The minimum atomic E-state index is 0.506. The van der Waals surface area contributed by atoms with Gasteiger partial charge in [0.25, 0.3) is 0 Å². The fourth-order valence-electron chi connectivity index (χ4n) is 2.49. The Bertz CT molecular complexity index is 595. The van der Waals surface area contributed by atoms with Crippen LogP contribution >= 0.6 is 0 Å². The van der Waals surface area contributed by atoms with Crippen LogP contribution in [0, 0.1) is 0 Å². The Hall–Kier alpha value is -2.00. The summed E-state index contributed by atoms with van der Waals surface area (Å²) in [7, 11) is 0. The first-order valence-corrected chi connectivity index (χ1v) is 7.02. The normalized spacial score (nSPS) is 12.8. The molecule has 0 radical (unpaired) electrons. The maximum absolute atomic E-state index is 5.84. The van der Waals surface area contributed by atoms with Crippen LogP contribution < -0.4 is 15.2 Å². The quantitative estimate of drug-likeness (QED) is 0.907. The second kappa shape index (κ2) is 5.97. The lowest BCUT2D eigenvalue weighted by Gasteiger charge is -2.10. The zero-order valence-corrected chi connectivity index (χ0v) is 11.5. The summed E-state index contributed by atoms with van der Waals surface area (Å²) in [5.74, 6) is 1.92. The molecule has 2 N–H and O–H groups in total. The number of ether oxygens (including phenoxy) is 2. The third-order valence-corrected chi connectivity index (χ3v) is 3.59. The van der Waals surface area contributed by atoms with Gasteiger partial charge in [0.15, 0.2) is 0 Å². The van der Waals surface area contributed by atoms with Gasteiger partial charge in [0.1, 0.15) is 11.5 Å². The van der Waals surface area contributed by atoms with Gasteiger partial charge in [-0.05, 0) is 23.3 Å². The van der Waals surface area contributed by atoms with Crippen LogP contribution in [0.1, 0.15) is 16.7 Å². The number of nitrogens with two attached hydrogens (primary N) is 1. The van der Waals surface area contributed by atoms with Crippen molar-refractivity contribution >= 4 is 0 Å². The predicted molar refractivity (Wildman–Crippen MR) is 79.2 cm³/mol. The molecule has 104 valence electrons. The number of hydrogen-bond donors (Lipinski definition) is 1. The van der Waals surface area contributed by atoms with Gasteiger partial charge in [-0.15, -0.1) is 0 Å². The van der Waals surface area contributed by atoms with E-state index in [1.807, 2.05) is 24.3 Å². The van der Waals surface area contributed by atoms with Gasteiger partial charge in [0.2, 0.25) is 0 Å². The maximum atomic E-state index is 5.84. The van der Waals surface area contributed by atoms with Gasteiger partial charge in [0, 0.05) is 24.9 Å². The Labute approximate surface area is 119 Å². The summed E-state index contributed by atoms with van der Waals surface area (Å²) in [5.41, 5.74) is 9.35. The van der Waals surface area contributed by atoms with Gasteiger partial charge in [-0.2, -0.15) is 0 Å². The molecular weight excluding hydrogens is 250 g/mol. The molecule has 0 unspecified atom stereocenters. The van der Waals surface area contributed by atoms with Gasteiger partial charge in [0.05, 0.1) is 13.2 Å². The minimum Gasteiger partial charge on any atom is -0.493 e. The maximum Gasteiger partial charge on any atom is 0.123 e. The van der Waals surface area contributed by atoms with Crippen molar-refractivity contribution in [2.24, 2.45) is 5.73 Å². The Kier molecular flexibility index (Phi) is 3.88. The molecule has 0 saturated carbocycles. The van der Waals surface area contributed by atoms with Gasteiger partial charge < -0.3 is 15.2 Å². The molecule has 0 saturated heterocycles. The van der Waals surface area contributed by atoms with Crippen molar-refractivity contribution in [1.29, 1.82) is 0 Å². The molecule has 2 aromatic carbocycles. The van der Waals surface area contributed by atoms with Crippen LogP contribution in [-0.4, -0.2) is 13.2 Å². The summed E-state index contributed by atoms with van der Waals surface area (Å²) in [6, 6.07) is 14.3. The Morgan fingerprint density at radius 1 is 1.15 bits per heavy atom. The predicted octanol–water partition coefficient (Wildman–Crippen LogP) is 2.70. The van der Waals surface area contributed by atoms with Crippen LogP contribution in [0.5, 0.6) is 11.5 Å². The molecule has 0 aliphatic carbocycles. The van der Waals surface area contributed by atoms with Crippen molar-refractivity contribution in [1.82, 2.24) is 0 Å². The topological polar surface area (TPSA) is 44.5 Å². The van der Waals surface area contributed by atoms with Gasteiger partial charge in [-0.1, -0.05) is 30.3 Å². The second-order valence-corrected chi connectivity index (χ2v) is 4.95. The first-order valence-electron chi connectivity index (χ1n) is 7.02. The molecule has 0 spiro atoms. The van der Waals surface area contributed by atoms with E-state index in [1.165, 1.54) is 11.1 Å². The van der Waals surface area contributed by atoms with E-state index < -0.39 is 0 Å². The molecule has 1 aliphatic heterocycles. The fourth-order valence-corrected chi connectivity index (χ4v) is 2.49. The average Bonchev–Trinajstić information content (AvgIpc) is 2.95. The monoisotopic (exact) mass is 269 g/mol. The molecule has 0 bridgehead atoms. The van der Waals surface area contributed by atoms with Gasteiger partial charge in [-0.25, -0.2) is 0 Å². The van der Waals surface area contributed by atoms with Crippen molar-refractivity contribution in [2.75, 3.05) is 13.2 Å². The van der Waals surface area contributed by atoms with Crippen LogP contribution in [0.3, 0.4) is 0 Å². The summed E-state index contributed by atoms with van der Waals surface area (Å²) in [6.45, 7) is 1.97. The highest BCUT2D eigenvalue weighted by molar-refractivity contribution is 5.40. The van der Waals surface area contributed by atoms with Crippen LogP contribution in [0.25, 0.3) is 0 Å². The summed E-state index contributed by atoms with van der Waals surface area (Å²) in [6.07, 6.45) is 1.91. The van der Waals surface area contributed by atoms with Crippen LogP contribution in [0.4, 0.5) is 0 Å². The standard InChI is InChI=1S/C17H19NO2/c18-12-15-3-1-2-4-16(15)19-9-7-13-5-6-17-14(11-13)8-10-20-17/h1-6,11H,7-10,12,18H2.